The summed E-state index contributed by atoms with van der Waals surface area (Å²) in [6.07, 6.45) is 0. The molecule has 0 aliphatic carbocycles. The molecule has 1 rings (SSSR count). The fourth-order valence-corrected chi connectivity index (χ4v) is 1.52. The van der Waals surface area contributed by atoms with Crippen molar-refractivity contribution in [3.8, 4) is 0 Å². The van der Waals surface area contributed by atoms with Gasteiger partial charge in [-0.3, -0.25) is 9.69 Å². The van der Waals surface area contributed by atoms with Crippen LogP contribution in [0.3, 0.4) is 0 Å². The molecule has 4 nitrogen and oxygen atoms in total. The minimum absolute atomic E-state index is 0.200. The number of nitrogen functional groups attached to an aromatic ring is 1. The minimum Gasteiger partial charge on any atom is -0.398 e. The quantitative estimate of drug-likeness (QED) is 0.749. The highest BCUT2D eigenvalue weighted by molar-refractivity contribution is 6.30. The molecule has 0 saturated heterocycles. The predicted octanol–water partition coefficient (Wildman–Crippen LogP) is 0.839. The summed E-state index contributed by atoms with van der Waals surface area (Å²) >= 11 is 5.84. The Bertz CT molecular complexity index is 368. The van der Waals surface area contributed by atoms with Crippen LogP contribution in [0.1, 0.15) is 5.56 Å². The van der Waals surface area contributed by atoms with Gasteiger partial charge in [-0.1, -0.05) is 11.6 Å². The fraction of sp³-hybridized carbons (Fsp3) is 0.300. The highest BCUT2D eigenvalue weighted by atomic mass is 35.5. The van der Waals surface area contributed by atoms with Crippen LogP contribution in [0.4, 0.5) is 5.69 Å². The summed E-state index contributed by atoms with van der Waals surface area (Å²) in [7, 11) is 1.80. The fourth-order valence-electron chi connectivity index (χ4n) is 1.32. The van der Waals surface area contributed by atoms with E-state index >= 15 is 0 Å². The van der Waals surface area contributed by atoms with E-state index in [1.807, 2.05) is 0 Å². The summed E-state index contributed by atoms with van der Waals surface area (Å²) in [5.74, 6) is -0.363. The molecule has 15 heavy (non-hydrogen) atoms. The number of nitrogens with two attached hydrogens (primary N) is 2. The molecule has 5 heteroatoms. The molecule has 0 radical (unpaired) electrons. The van der Waals surface area contributed by atoms with Crippen LogP contribution in [0.15, 0.2) is 18.2 Å². The second-order valence-electron chi connectivity index (χ2n) is 3.48. The van der Waals surface area contributed by atoms with Crippen molar-refractivity contribution in [3.63, 3.8) is 0 Å². The zero-order chi connectivity index (χ0) is 11.4. The number of benzene rings is 1. The average Bonchev–Trinajstić information content (AvgIpc) is 2.10. The van der Waals surface area contributed by atoms with Gasteiger partial charge in [-0.15, -0.1) is 0 Å². The molecule has 0 atom stereocenters. The molecule has 0 aromatic heterocycles. The third-order valence-electron chi connectivity index (χ3n) is 1.97. The van der Waals surface area contributed by atoms with Crippen molar-refractivity contribution in [1.29, 1.82) is 0 Å². The lowest BCUT2D eigenvalue weighted by Gasteiger charge is -2.15. The van der Waals surface area contributed by atoms with Crippen LogP contribution in [0.5, 0.6) is 0 Å². The van der Waals surface area contributed by atoms with Crippen LogP contribution in [0, 0.1) is 0 Å². The molecule has 0 heterocycles. The predicted molar refractivity (Wildman–Crippen MR) is 61.4 cm³/mol. The van der Waals surface area contributed by atoms with E-state index in [2.05, 4.69) is 0 Å². The first-order valence-corrected chi connectivity index (χ1v) is 4.87. The number of hydrogen-bond donors (Lipinski definition) is 2. The van der Waals surface area contributed by atoms with Crippen molar-refractivity contribution in [2.45, 2.75) is 6.54 Å². The van der Waals surface area contributed by atoms with Crippen LogP contribution in [-0.2, 0) is 11.3 Å². The lowest BCUT2D eigenvalue weighted by Crippen LogP contribution is -2.30. The number of likely N-dealkylation sites (N-methyl/N-ethyl adjacent to an activating group) is 1. The molecular formula is C10H14ClN3O. The number of amides is 1. The van der Waals surface area contributed by atoms with Crippen molar-refractivity contribution in [1.82, 2.24) is 4.90 Å². The van der Waals surface area contributed by atoms with Gasteiger partial charge in [0, 0.05) is 17.3 Å². The summed E-state index contributed by atoms with van der Waals surface area (Å²) in [4.78, 5) is 12.5. The standard InChI is InChI=1S/C10H14ClN3O/c1-14(6-10(13)15)5-7-4-8(11)2-3-9(7)12/h2-4H,5-6,12H2,1H3,(H2,13,15). The van der Waals surface area contributed by atoms with Crippen molar-refractivity contribution in [3.05, 3.63) is 28.8 Å². The van der Waals surface area contributed by atoms with E-state index in [1.54, 1.807) is 30.1 Å². The maximum atomic E-state index is 10.7. The zero-order valence-electron chi connectivity index (χ0n) is 8.53. The van der Waals surface area contributed by atoms with Crippen LogP contribution in [0.2, 0.25) is 5.02 Å². The Morgan fingerprint density at radius 2 is 2.20 bits per heavy atom. The molecule has 1 aromatic rings. The Morgan fingerprint density at radius 1 is 1.53 bits per heavy atom. The minimum atomic E-state index is -0.363. The molecule has 1 amide bonds. The average molecular weight is 228 g/mol. The molecule has 0 fully saturated rings. The molecule has 0 aliphatic heterocycles. The number of anilines is 1. The third kappa shape index (κ3) is 3.77. The van der Waals surface area contributed by atoms with E-state index in [0.717, 1.165) is 5.56 Å². The molecule has 0 bridgehead atoms. The molecule has 0 aliphatic rings. The van der Waals surface area contributed by atoms with Gasteiger partial charge in [0.05, 0.1) is 6.54 Å². The largest absolute Gasteiger partial charge is 0.398 e. The SMILES string of the molecule is CN(CC(N)=O)Cc1cc(Cl)ccc1N. The summed E-state index contributed by atoms with van der Waals surface area (Å²) in [5.41, 5.74) is 12.4. The number of nitrogens with zero attached hydrogens (tertiary/aromatic N) is 1. The van der Waals surface area contributed by atoms with Crippen LogP contribution in [0.25, 0.3) is 0 Å². The Kier molecular flexibility index (Phi) is 3.94. The van der Waals surface area contributed by atoms with Gasteiger partial charge in [-0.2, -0.15) is 0 Å². The van der Waals surface area contributed by atoms with Crippen molar-refractivity contribution in [2.24, 2.45) is 5.73 Å². The first-order valence-electron chi connectivity index (χ1n) is 4.50. The maximum Gasteiger partial charge on any atom is 0.231 e. The number of primary amides is 1. The normalized spacial score (nSPS) is 10.6. The van der Waals surface area contributed by atoms with Crippen LogP contribution >= 0.6 is 11.6 Å². The lowest BCUT2D eigenvalue weighted by molar-refractivity contribution is -0.118. The summed E-state index contributed by atoms with van der Waals surface area (Å²) in [6.45, 7) is 0.751. The number of rotatable bonds is 4. The Hall–Kier alpha value is -1.26. The van der Waals surface area contributed by atoms with Crippen molar-refractivity contribution >= 4 is 23.2 Å². The number of halogens is 1. The Morgan fingerprint density at radius 3 is 2.80 bits per heavy atom. The van der Waals surface area contributed by atoms with E-state index < -0.39 is 0 Å². The number of hydrogen-bond acceptors (Lipinski definition) is 3. The van der Waals surface area contributed by atoms with Gasteiger partial charge in [0.1, 0.15) is 0 Å². The first-order chi connectivity index (χ1) is 6.99. The van der Waals surface area contributed by atoms with Gasteiger partial charge in [-0.25, -0.2) is 0 Å². The van der Waals surface area contributed by atoms with Gasteiger partial charge in [0.15, 0.2) is 0 Å². The van der Waals surface area contributed by atoms with Crippen molar-refractivity contribution < 1.29 is 4.79 Å². The first kappa shape index (κ1) is 11.8. The van der Waals surface area contributed by atoms with E-state index in [-0.39, 0.29) is 12.5 Å². The highest BCUT2D eigenvalue weighted by Gasteiger charge is 2.06. The Labute approximate surface area is 93.8 Å². The molecule has 0 unspecified atom stereocenters. The van der Waals surface area contributed by atoms with E-state index in [9.17, 15) is 4.79 Å². The Balaban J connectivity index is 2.71. The molecule has 82 valence electrons. The monoisotopic (exact) mass is 227 g/mol. The van der Waals surface area contributed by atoms with Gasteiger partial charge >= 0.3 is 0 Å². The van der Waals surface area contributed by atoms with Gasteiger partial charge < -0.3 is 11.5 Å². The topological polar surface area (TPSA) is 72.3 Å². The third-order valence-corrected chi connectivity index (χ3v) is 2.21. The smallest absolute Gasteiger partial charge is 0.231 e. The zero-order valence-corrected chi connectivity index (χ0v) is 9.29. The second-order valence-corrected chi connectivity index (χ2v) is 3.92. The second kappa shape index (κ2) is 5.00. The summed E-state index contributed by atoms with van der Waals surface area (Å²) in [6, 6.07) is 5.26. The maximum absolute atomic E-state index is 10.7. The number of carbonyl (C=O) groups is 1. The van der Waals surface area contributed by atoms with Gasteiger partial charge in [0.25, 0.3) is 0 Å². The van der Waals surface area contributed by atoms with Crippen molar-refractivity contribution in [2.75, 3.05) is 19.3 Å². The van der Waals surface area contributed by atoms with Crippen LogP contribution < -0.4 is 11.5 Å². The molecule has 0 saturated carbocycles. The highest BCUT2D eigenvalue weighted by Crippen LogP contribution is 2.18. The number of carbonyl (C=O) groups excluding carboxylic acids is 1. The lowest BCUT2D eigenvalue weighted by atomic mass is 10.1. The molecule has 0 spiro atoms. The summed E-state index contributed by atoms with van der Waals surface area (Å²) < 4.78 is 0. The van der Waals surface area contributed by atoms with E-state index in [0.29, 0.717) is 17.3 Å². The molecule has 4 N–H and O–H groups in total. The summed E-state index contributed by atoms with van der Waals surface area (Å²) in [5, 5.41) is 0.631. The molecule has 1 aromatic carbocycles. The van der Waals surface area contributed by atoms with E-state index in [1.165, 1.54) is 0 Å². The van der Waals surface area contributed by atoms with Gasteiger partial charge in [0.2, 0.25) is 5.91 Å². The van der Waals surface area contributed by atoms with E-state index in [4.69, 9.17) is 23.1 Å². The molecular weight excluding hydrogens is 214 g/mol. The van der Waals surface area contributed by atoms with Gasteiger partial charge in [-0.05, 0) is 30.8 Å². The van der Waals surface area contributed by atoms with Crippen LogP contribution in [-0.4, -0.2) is 24.4 Å².